The van der Waals surface area contributed by atoms with Crippen LogP contribution in [0, 0.1) is 17.6 Å². The van der Waals surface area contributed by atoms with Crippen LogP contribution in [0.25, 0.3) is 11.0 Å². The minimum atomic E-state index is -3.53. The minimum absolute atomic E-state index is 0.155. The molecule has 0 aliphatic rings. The third kappa shape index (κ3) is 4.59. The van der Waals surface area contributed by atoms with Gasteiger partial charge in [0.2, 0.25) is 15.9 Å². The number of amides is 1. The second-order valence-electron chi connectivity index (χ2n) is 7.74. The molecule has 2 aromatic carbocycles. The smallest absolute Gasteiger partial charge is 0.243 e. The summed E-state index contributed by atoms with van der Waals surface area (Å²) in [6.45, 7) is 3.87. The van der Waals surface area contributed by atoms with Crippen LogP contribution in [0.3, 0.4) is 0 Å². The second-order valence-corrected chi connectivity index (χ2v) is 9.90. The summed E-state index contributed by atoms with van der Waals surface area (Å²) in [7, 11) is -0.620. The summed E-state index contributed by atoms with van der Waals surface area (Å²) < 4.78 is 54.2. The van der Waals surface area contributed by atoms with Gasteiger partial charge in [0, 0.05) is 32.8 Å². The summed E-state index contributed by atoms with van der Waals surface area (Å²) in [5.74, 6) is -2.48. The maximum Gasteiger partial charge on any atom is 0.243 e. The summed E-state index contributed by atoms with van der Waals surface area (Å²) in [6, 6.07) is 7.57. The summed E-state index contributed by atoms with van der Waals surface area (Å²) in [4.78, 5) is 17.2. The highest BCUT2D eigenvalue weighted by atomic mass is 32.2. The number of halogens is 2. The Morgan fingerprint density at radius 3 is 2.32 bits per heavy atom. The first-order chi connectivity index (χ1) is 14.5. The van der Waals surface area contributed by atoms with Crippen molar-refractivity contribution in [2.45, 2.75) is 31.3 Å². The van der Waals surface area contributed by atoms with Crippen molar-refractivity contribution in [3.8, 4) is 0 Å². The quantitative estimate of drug-likeness (QED) is 0.600. The Morgan fingerprint density at radius 1 is 1.13 bits per heavy atom. The van der Waals surface area contributed by atoms with Crippen molar-refractivity contribution in [2.75, 3.05) is 14.1 Å². The summed E-state index contributed by atoms with van der Waals surface area (Å²) in [6.07, 6.45) is 1.40. The van der Waals surface area contributed by atoms with Gasteiger partial charge in [-0.2, -0.15) is 0 Å². The van der Waals surface area contributed by atoms with Crippen LogP contribution in [-0.4, -0.2) is 42.3 Å². The number of nitrogens with zero attached hydrogens (tertiary/aromatic N) is 3. The average Bonchev–Trinajstić information content (AvgIpc) is 3.09. The Balaban J connectivity index is 1.79. The van der Waals surface area contributed by atoms with Gasteiger partial charge in [-0.15, -0.1) is 0 Å². The molecule has 0 aliphatic heterocycles. The lowest BCUT2D eigenvalue weighted by molar-refractivity contribution is -0.125. The molecule has 7 nitrogen and oxygen atoms in total. The van der Waals surface area contributed by atoms with Gasteiger partial charge in [0.15, 0.2) is 11.6 Å². The van der Waals surface area contributed by atoms with Crippen LogP contribution in [0.2, 0.25) is 0 Å². The number of sulfonamides is 1. The van der Waals surface area contributed by atoms with E-state index < -0.39 is 27.7 Å². The van der Waals surface area contributed by atoms with E-state index in [9.17, 15) is 22.0 Å². The van der Waals surface area contributed by atoms with E-state index in [1.807, 2.05) is 13.8 Å². The van der Waals surface area contributed by atoms with E-state index in [4.69, 9.17) is 0 Å². The van der Waals surface area contributed by atoms with Crippen LogP contribution in [0.15, 0.2) is 47.6 Å². The molecule has 0 spiro atoms. The van der Waals surface area contributed by atoms with Gasteiger partial charge in [0.05, 0.1) is 22.3 Å². The standard InChI is InChI=1S/C21H24F2N4O3S/c1-13(2)20(27-12-25-18-9-16(22)17(23)10-19(18)27)21(28)24-11-14-5-7-15(8-6-14)31(29,30)26(3)4/h5-10,12-13,20H,11H2,1-4H3,(H,24,28). The topological polar surface area (TPSA) is 84.3 Å². The fraction of sp³-hybridized carbons (Fsp3) is 0.333. The molecule has 3 aromatic rings. The van der Waals surface area contributed by atoms with Crippen molar-refractivity contribution in [2.24, 2.45) is 5.92 Å². The van der Waals surface area contributed by atoms with Crippen molar-refractivity contribution in [1.29, 1.82) is 0 Å². The van der Waals surface area contributed by atoms with E-state index in [2.05, 4.69) is 10.3 Å². The van der Waals surface area contributed by atoms with E-state index in [1.54, 1.807) is 12.1 Å². The highest BCUT2D eigenvalue weighted by Crippen LogP contribution is 2.25. The highest BCUT2D eigenvalue weighted by molar-refractivity contribution is 7.89. The number of imidazole rings is 1. The molecule has 1 unspecified atom stereocenters. The lowest BCUT2D eigenvalue weighted by atomic mass is 10.0. The Kier molecular flexibility index (Phi) is 6.42. The van der Waals surface area contributed by atoms with Crippen LogP contribution in [0.1, 0.15) is 25.5 Å². The van der Waals surface area contributed by atoms with E-state index in [-0.39, 0.29) is 28.8 Å². The van der Waals surface area contributed by atoms with E-state index in [0.29, 0.717) is 5.52 Å². The fourth-order valence-corrected chi connectivity index (χ4v) is 4.18. The van der Waals surface area contributed by atoms with Gasteiger partial charge in [-0.25, -0.2) is 26.5 Å². The molecule has 0 bridgehead atoms. The number of rotatable bonds is 7. The molecule has 0 saturated heterocycles. The molecule has 10 heteroatoms. The first-order valence-electron chi connectivity index (χ1n) is 9.63. The van der Waals surface area contributed by atoms with Gasteiger partial charge in [0.25, 0.3) is 0 Å². The molecule has 1 amide bonds. The third-order valence-corrected chi connectivity index (χ3v) is 6.81. The molecule has 1 N–H and O–H groups in total. The molecule has 0 radical (unpaired) electrons. The van der Waals surface area contributed by atoms with E-state index in [0.717, 1.165) is 22.0 Å². The number of hydrogen-bond acceptors (Lipinski definition) is 4. The lowest BCUT2D eigenvalue weighted by Gasteiger charge is -2.22. The van der Waals surface area contributed by atoms with Gasteiger partial charge < -0.3 is 9.88 Å². The SMILES string of the molecule is CC(C)C(C(=O)NCc1ccc(S(=O)(=O)N(C)C)cc1)n1cnc2cc(F)c(F)cc21. The van der Waals surface area contributed by atoms with Crippen LogP contribution in [0.4, 0.5) is 8.78 Å². The molecule has 1 atom stereocenters. The Bertz CT molecular complexity index is 1210. The first kappa shape index (κ1) is 22.8. The number of nitrogens with one attached hydrogen (secondary N) is 1. The van der Waals surface area contributed by atoms with E-state index >= 15 is 0 Å². The molecule has 0 fully saturated rings. The Morgan fingerprint density at radius 2 is 1.74 bits per heavy atom. The number of benzene rings is 2. The van der Waals surface area contributed by atoms with E-state index in [1.165, 1.54) is 37.1 Å². The Hall–Kier alpha value is -2.85. The average molecular weight is 451 g/mol. The molecule has 0 aliphatic carbocycles. The van der Waals surface area contributed by atoms with Crippen LogP contribution in [-0.2, 0) is 21.4 Å². The van der Waals surface area contributed by atoms with Gasteiger partial charge in [-0.3, -0.25) is 4.79 Å². The van der Waals surface area contributed by atoms with Crippen LogP contribution < -0.4 is 5.32 Å². The van der Waals surface area contributed by atoms with Gasteiger partial charge in [-0.05, 0) is 23.6 Å². The molecule has 166 valence electrons. The van der Waals surface area contributed by atoms with Gasteiger partial charge in [0.1, 0.15) is 6.04 Å². The van der Waals surface area contributed by atoms with Gasteiger partial charge in [-0.1, -0.05) is 26.0 Å². The first-order valence-corrected chi connectivity index (χ1v) is 11.1. The fourth-order valence-electron chi connectivity index (χ4n) is 3.28. The molecular formula is C21H24F2N4O3S. The van der Waals surface area contributed by atoms with Crippen molar-refractivity contribution < 1.29 is 22.0 Å². The molecule has 1 heterocycles. The monoisotopic (exact) mass is 450 g/mol. The number of carbonyl (C=O) groups excluding carboxylic acids is 1. The summed E-state index contributed by atoms with van der Waals surface area (Å²) in [5, 5.41) is 2.83. The maximum absolute atomic E-state index is 13.7. The van der Waals surface area contributed by atoms with Crippen molar-refractivity contribution in [1.82, 2.24) is 19.2 Å². The zero-order valence-electron chi connectivity index (χ0n) is 17.6. The number of carbonyl (C=O) groups is 1. The zero-order valence-corrected chi connectivity index (χ0v) is 18.5. The number of fused-ring (bicyclic) bond motifs is 1. The van der Waals surface area contributed by atoms with Crippen molar-refractivity contribution >= 4 is 27.0 Å². The predicted octanol–water partition coefficient (Wildman–Crippen LogP) is 3.08. The Labute approximate surface area is 179 Å². The molecule has 0 saturated carbocycles. The van der Waals surface area contributed by atoms with Crippen LogP contribution in [0.5, 0.6) is 0 Å². The van der Waals surface area contributed by atoms with Gasteiger partial charge >= 0.3 is 0 Å². The minimum Gasteiger partial charge on any atom is -0.350 e. The molecular weight excluding hydrogens is 426 g/mol. The lowest BCUT2D eigenvalue weighted by Crippen LogP contribution is -2.35. The normalized spacial score (nSPS) is 13.2. The molecule has 31 heavy (non-hydrogen) atoms. The summed E-state index contributed by atoms with van der Waals surface area (Å²) >= 11 is 0. The van der Waals surface area contributed by atoms with Crippen molar-refractivity contribution in [3.05, 3.63) is 59.9 Å². The number of hydrogen-bond donors (Lipinski definition) is 1. The number of aromatic nitrogens is 2. The second kappa shape index (κ2) is 8.72. The third-order valence-electron chi connectivity index (χ3n) is 4.99. The summed E-state index contributed by atoms with van der Waals surface area (Å²) in [5.41, 5.74) is 1.30. The van der Waals surface area contributed by atoms with Crippen molar-refractivity contribution in [3.63, 3.8) is 0 Å². The zero-order chi connectivity index (χ0) is 22.9. The highest BCUT2D eigenvalue weighted by Gasteiger charge is 2.26. The predicted molar refractivity (Wildman–Crippen MR) is 113 cm³/mol. The maximum atomic E-state index is 13.7. The van der Waals surface area contributed by atoms with Crippen LogP contribution >= 0.6 is 0 Å². The molecule has 1 aromatic heterocycles. The largest absolute Gasteiger partial charge is 0.350 e. The molecule has 3 rings (SSSR count).